The molecule has 0 radical (unpaired) electrons. The molecule has 4 N–H and O–H groups in total. The molecule has 0 fully saturated rings. The third-order valence-electron chi connectivity index (χ3n) is 3.85. The van der Waals surface area contributed by atoms with Crippen molar-refractivity contribution in [2.75, 3.05) is 11.1 Å². The Kier molecular flexibility index (Phi) is 5.53. The van der Waals surface area contributed by atoms with Gasteiger partial charge in [0.25, 0.3) is 5.91 Å². The highest BCUT2D eigenvalue weighted by Crippen LogP contribution is 2.23. The van der Waals surface area contributed by atoms with Gasteiger partial charge in [-0.25, -0.2) is 0 Å². The SMILES string of the molecule is N=C(C(=O)Nc1cnn(Cc2ccc(OC(F)(F)F)cc2)c1)c1ccccc1N. The molecule has 1 amide bonds. The van der Waals surface area contributed by atoms with Gasteiger partial charge < -0.3 is 15.8 Å². The minimum Gasteiger partial charge on any atom is -0.406 e. The Bertz CT molecular complexity index is 1030. The predicted octanol–water partition coefficient (Wildman–Crippen LogP) is 3.42. The molecule has 1 heterocycles. The number of rotatable bonds is 6. The van der Waals surface area contributed by atoms with E-state index in [1.165, 1.54) is 35.1 Å². The number of benzene rings is 2. The molecule has 0 saturated heterocycles. The lowest BCUT2D eigenvalue weighted by molar-refractivity contribution is -0.274. The van der Waals surface area contributed by atoms with Gasteiger partial charge in [0.15, 0.2) is 0 Å². The Morgan fingerprint density at radius 2 is 1.86 bits per heavy atom. The van der Waals surface area contributed by atoms with E-state index < -0.39 is 12.3 Å². The number of halogens is 3. The number of nitrogens with one attached hydrogen (secondary N) is 2. The molecule has 0 aliphatic rings. The summed E-state index contributed by atoms with van der Waals surface area (Å²) in [5.74, 6) is -0.954. The average molecular weight is 403 g/mol. The monoisotopic (exact) mass is 403 g/mol. The number of nitrogen functional groups attached to an aromatic ring is 1. The van der Waals surface area contributed by atoms with Crippen molar-refractivity contribution in [1.29, 1.82) is 5.41 Å². The number of hydrogen-bond donors (Lipinski definition) is 3. The summed E-state index contributed by atoms with van der Waals surface area (Å²) in [6.45, 7) is 0.269. The zero-order chi connectivity index (χ0) is 21.0. The molecule has 0 unspecified atom stereocenters. The van der Waals surface area contributed by atoms with Gasteiger partial charge in [-0.05, 0) is 23.8 Å². The molecule has 0 saturated carbocycles. The van der Waals surface area contributed by atoms with Gasteiger partial charge in [-0.3, -0.25) is 14.9 Å². The van der Waals surface area contributed by atoms with Crippen LogP contribution < -0.4 is 15.8 Å². The van der Waals surface area contributed by atoms with Crippen LogP contribution in [0.5, 0.6) is 5.75 Å². The number of carbonyl (C=O) groups is 1. The smallest absolute Gasteiger partial charge is 0.406 e. The normalized spacial score (nSPS) is 11.1. The number of ether oxygens (including phenoxy) is 1. The van der Waals surface area contributed by atoms with Gasteiger partial charge in [0, 0.05) is 17.4 Å². The predicted molar refractivity (Wildman–Crippen MR) is 101 cm³/mol. The van der Waals surface area contributed by atoms with E-state index in [0.29, 0.717) is 22.5 Å². The molecule has 3 aromatic rings. The van der Waals surface area contributed by atoms with Crippen LogP contribution in [-0.4, -0.2) is 27.8 Å². The van der Waals surface area contributed by atoms with Crippen LogP contribution >= 0.6 is 0 Å². The molecule has 7 nitrogen and oxygen atoms in total. The van der Waals surface area contributed by atoms with Crippen molar-refractivity contribution in [2.24, 2.45) is 0 Å². The second-order valence-corrected chi connectivity index (χ2v) is 6.03. The maximum atomic E-state index is 12.3. The summed E-state index contributed by atoms with van der Waals surface area (Å²) in [4.78, 5) is 12.3. The third-order valence-corrected chi connectivity index (χ3v) is 3.85. The minimum absolute atomic E-state index is 0.269. The molecule has 1 aromatic heterocycles. The van der Waals surface area contributed by atoms with E-state index in [1.807, 2.05) is 0 Å². The van der Waals surface area contributed by atoms with Gasteiger partial charge in [-0.15, -0.1) is 13.2 Å². The van der Waals surface area contributed by atoms with E-state index >= 15 is 0 Å². The van der Waals surface area contributed by atoms with Crippen LogP contribution in [-0.2, 0) is 11.3 Å². The second-order valence-electron chi connectivity index (χ2n) is 6.03. The van der Waals surface area contributed by atoms with Crippen LogP contribution in [0, 0.1) is 5.41 Å². The topological polar surface area (TPSA) is 106 Å². The molecule has 0 aliphatic heterocycles. The molecular weight excluding hydrogens is 387 g/mol. The fourth-order valence-electron chi connectivity index (χ4n) is 2.54. The number of anilines is 2. The van der Waals surface area contributed by atoms with Crippen LogP contribution in [0.3, 0.4) is 0 Å². The summed E-state index contributed by atoms with van der Waals surface area (Å²) in [6.07, 6.45) is -1.80. The highest BCUT2D eigenvalue weighted by atomic mass is 19.4. The summed E-state index contributed by atoms with van der Waals surface area (Å²) in [7, 11) is 0. The molecule has 0 bridgehead atoms. The van der Waals surface area contributed by atoms with Crippen LogP contribution in [0.25, 0.3) is 0 Å². The minimum atomic E-state index is -4.74. The molecule has 3 rings (SSSR count). The van der Waals surface area contributed by atoms with Crippen LogP contribution in [0.2, 0.25) is 0 Å². The molecule has 0 spiro atoms. The van der Waals surface area contributed by atoms with E-state index in [0.717, 1.165) is 0 Å². The Labute approximate surface area is 163 Å². The molecule has 29 heavy (non-hydrogen) atoms. The van der Waals surface area contributed by atoms with Crippen molar-refractivity contribution >= 4 is 23.0 Å². The summed E-state index contributed by atoms with van der Waals surface area (Å²) in [5.41, 5.74) is 7.19. The Hall–Kier alpha value is -3.82. The highest BCUT2D eigenvalue weighted by molar-refractivity contribution is 6.48. The van der Waals surface area contributed by atoms with Gasteiger partial charge >= 0.3 is 6.36 Å². The highest BCUT2D eigenvalue weighted by Gasteiger charge is 2.30. The number of nitrogens with two attached hydrogens (primary N) is 1. The van der Waals surface area contributed by atoms with E-state index in [9.17, 15) is 18.0 Å². The summed E-state index contributed by atoms with van der Waals surface area (Å²) in [6, 6.07) is 11.9. The maximum absolute atomic E-state index is 12.3. The Balaban J connectivity index is 1.61. The summed E-state index contributed by atoms with van der Waals surface area (Å²) in [5, 5.41) is 14.6. The molecule has 0 atom stereocenters. The number of carbonyl (C=O) groups excluding carboxylic acids is 1. The summed E-state index contributed by atoms with van der Waals surface area (Å²) >= 11 is 0. The standard InChI is InChI=1S/C19H16F3N5O2/c20-19(21,22)29-14-7-5-12(6-8-14)10-27-11-13(9-25-27)26-18(28)17(24)15-3-1-2-4-16(15)23/h1-9,11,24H,10,23H2,(H,26,28). The molecular formula is C19H16F3N5O2. The van der Waals surface area contributed by atoms with Gasteiger partial charge in [-0.2, -0.15) is 5.10 Å². The first-order valence-electron chi connectivity index (χ1n) is 8.33. The van der Waals surface area contributed by atoms with Crippen molar-refractivity contribution in [1.82, 2.24) is 9.78 Å². The first-order valence-corrected chi connectivity index (χ1v) is 8.33. The third kappa shape index (κ3) is 5.34. The number of nitrogens with zero attached hydrogens (tertiary/aromatic N) is 2. The molecule has 0 aliphatic carbocycles. The van der Waals surface area contributed by atoms with Crippen LogP contribution in [0.15, 0.2) is 60.9 Å². The number of aromatic nitrogens is 2. The first-order chi connectivity index (χ1) is 13.7. The van der Waals surface area contributed by atoms with Crippen molar-refractivity contribution in [3.05, 3.63) is 72.1 Å². The molecule has 10 heteroatoms. The quantitative estimate of drug-likeness (QED) is 0.433. The van der Waals surface area contributed by atoms with Crippen molar-refractivity contribution < 1.29 is 22.7 Å². The van der Waals surface area contributed by atoms with E-state index in [4.69, 9.17) is 11.1 Å². The van der Waals surface area contributed by atoms with Gasteiger partial charge in [0.2, 0.25) is 0 Å². The second kappa shape index (κ2) is 8.05. The Morgan fingerprint density at radius 3 is 2.52 bits per heavy atom. The zero-order valence-corrected chi connectivity index (χ0v) is 14.9. The lowest BCUT2D eigenvalue weighted by Gasteiger charge is -2.09. The van der Waals surface area contributed by atoms with Crippen molar-refractivity contribution in [2.45, 2.75) is 12.9 Å². The fourth-order valence-corrected chi connectivity index (χ4v) is 2.54. The van der Waals surface area contributed by atoms with E-state index in [2.05, 4.69) is 15.2 Å². The molecule has 150 valence electrons. The fraction of sp³-hybridized carbons (Fsp3) is 0.105. The largest absolute Gasteiger partial charge is 0.573 e. The Morgan fingerprint density at radius 1 is 1.17 bits per heavy atom. The number of para-hydroxylation sites is 1. The zero-order valence-electron chi connectivity index (χ0n) is 14.9. The summed E-state index contributed by atoms with van der Waals surface area (Å²) < 4.78 is 41.9. The first kappa shape index (κ1) is 19.9. The van der Waals surface area contributed by atoms with Gasteiger partial charge in [0.1, 0.15) is 11.5 Å². The lowest BCUT2D eigenvalue weighted by Crippen LogP contribution is -2.23. The lowest BCUT2D eigenvalue weighted by atomic mass is 10.1. The number of alkyl halides is 3. The van der Waals surface area contributed by atoms with E-state index in [1.54, 1.807) is 30.5 Å². The van der Waals surface area contributed by atoms with Gasteiger partial charge in [-0.1, -0.05) is 30.3 Å². The van der Waals surface area contributed by atoms with Gasteiger partial charge in [0.05, 0.1) is 18.4 Å². The number of amides is 1. The number of hydrogen-bond acceptors (Lipinski definition) is 5. The molecule has 2 aromatic carbocycles. The maximum Gasteiger partial charge on any atom is 0.573 e. The van der Waals surface area contributed by atoms with Crippen molar-refractivity contribution in [3.63, 3.8) is 0 Å². The average Bonchev–Trinajstić information content (AvgIpc) is 3.09. The van der Waals surface area contributed by atoms with E-state index in [-0.39, 0.29) is 18.0 Å². The van der Waals surface area contributed by atoms with Crippen molar-refractivity contribution in [3.8, 4) is 5.75 Å². The van der Waals surface area contributed by atoms with Crippen LogP contribution in [0.4, 0.5) is 24.5 Å². The van der Waals surface area contributed by atoms with Crippen LogP contribution in [0.1, 0.15) is 11.1 Å².